The van der Waals surface area contributed by atoms with Crippen LogP contribution in [0.15, 0.2) is 42.5 Å². The van der Waals surface area contributed by atoms with Gasteiger partial charge in [-0.15, -0.1) is 0 Å². The van der Waals surface area contributed by atoms with Gasteiger partial charge in [-0.2, -0.15) is 0 Å². The van der Waals surface area contributed by atoms with Crippen molar-refractivity contribution < 1.29 is 19.4 Å². The summed E-state index contributed by atoms with van der Waals surface area (Å²) in [6.45, 7) is 6.42. The van der Waals surface area contributed by atoms with Crippen LogP contribution in [0.3, 0.4) is 0 Å². The first-order chi connectivity index (χ1) is 14.4. The van der Waals surface area contributed by atoms with Crippen LogP contribution in [0.2, 0.25) is 0 Å². The van der Waals surface area contributed by atoms with Gasteiger partial charge in [0.2, 0.25) is 0 Å². The van der Waals surface area contributed by atoms with Crippen molar-refractivity contribution in [2.24, 2.45) is 0 Å². The highest BCUT2D eigenvalue weighted by atomic mass is 16.6. The van der Waals surface area contributed by atoms with Crippen LogP contribution in [0.25, 0.3) is 0 Å². The first kappa shape index (κ1) is 21.4. The van der Waals surface area contributed by atoms with E-state index in [9.17, 15) is 19.7 Å². The van der Waals surface area contributed by atoms with Crippen molar-refractivity contribution in [2.75, 3.05) is 42.9 Å². The molecule has 0 aliphatic carbocycles. The second-order valence-electron chi connectivity index (χ2n) is 7.49. The molecule has 1 aliphatic heterocycles. The highest BCUT2D eigenvalue weighted by molar-refractivity contribution is 5.95. The van der Waals surface area contributed by atoms with Crippen molar-refractivity contribution >= 4 is 28.8 Å². The van der Waals surface area contributed by atoms with Gasteiger partial charge in [0.25, 0.3) is 11.6 Å². The second kappa shape index (κ2) is 9.49. The third-order valence-electron chi connectivity index (χ3n) is 5.47. The maximum Gasteiger partial charge on any atom is 0.293 e. The Balaban J connectivity index is 1.60. The van der Waals surface area contributed by atoms with Gasteiger partial charge in [0.05, 0.1) is 31.1 Å². The Morgan fingerprint density at radius 1 is 1.17 bits per heavy atom. The summed E-state index contributed by atoms with van der Waals surface area (Å²) in [6, 6.07) is 12.4. The number of quaternary nitrogens is 1. The normalized spacial score (nSPS) is 14.4. The number of carbonyl (C=O) groups is 2. The zero-order valence-corrected chi connectivity index (χ0v) is 17.3. The maximum atomic E-state index is 12.5. The number of hydrogen-bond donors (Lipinski definition) is 2. The Morgan fingerprint density at radius 2 is 1.87 bits per heavy atom. The summed E-state index contributed by atoms with van der Waals surface area (Å²) < 4.78 is 0. The smallest absolute Gasteiger partial charge is 0.293 e. The number of hydrogen-bond acceptors (Lipinski definition) is 5. The van der Waals surface area contributed by atoms with Gasteiger partial charge in [0, 0.05) is 17.3 Å². The zero-order valence-electron chi connectivity index (χ0n) is 17.3. The molecule has 3 rings (SSSR count). The zero-order chi connectivity index (χ0) is 21.7. The number of para-hydroxylation sites is 1. The summed E-state index contributed by atoms with van der Waals surface area (Å²) in [5, 5.41) is 14.5. The summed E-state index contributed by atoms with van der Waals surface area (Å²) >= 11 is 0. The monoisotopic (exact) mass is 411 g/mol. The molecule has 8 nitrogen and oxygen atoms in total. The first-order valence-corrected chi connectivity index (χ1v) is 10.1. The van der Waals surface area contributed by atoms with E-state index in [1.165, 1.54) is 13.0 Å². The number of benzene rings is 2. The van der Waals surface area contributed by atoms with Crippen molar-refractivity contribution in [3.63, 3.8) is 0 Å². The topological polar surface area (TPSA) is 97.0 Å². The van der Waals surface area contributed by atoms with Crippen molar-refractivity contribution in [1.82, 2.24) is 0 Å². The molecule has 0 bridgehead atoms. The molecule has 2 aromatic carbocycles. The standard InChI is InChI=1S/C22H26N4O4/c1-3-17-6-4-5-7-19(17)23-22(28)15-24-10-12-25(13-11-24)20-9-8-18(16(2)27)14-21(20)26(29)30/h4-9,14H,3,10-13,15H2,1-2H3,(H,23,28)/p+1. The average molecular weight is 411 g/mol. The molecule has 8 heteroatoms. The number of anilines is 2. The van der Waals surface area contributed by atoms with Gasteiger partial charge in [-0.1, -0.05) is 25.1 Å². The van der Waals surface area contributed by atoms with Gasteiger partial charge in [-0.25, -0.2) is 0 Å². The SMILES string of the molecule is CCc1ccccc1NC(=O)C[NH+]1CCN(c2ccc(C(C)=O)cc2[N+](=O)[O-])CC1. The lowest BCUT2D eigenvalue weighted by molar-refractivity contribution is -0.892. The summed E-state index contributed by atoms with van der Waals surface area (Å²) in [6.07, 6.45) is 0.850. The summed E-state index contributed by atoms with van der Waals surface area (Å²) in [7, 11) is 0. The average Bonchev–Trinajstić information content (AvgIpc) is 2.74. The maximum absolute atomic E-state index is 12.5. The van der Waals surface area contributed by atoms with E-state index in [1.54, 1.807) is 12.1 Å². The van der Waals surface area contributed by atoms with E-state index >= 15 is 0 Å². The number of nitro benzene ring substituents is 1. The van der Waals surface area contributed by atoms with E-state index in [4.69, 9.17) is 0 Å². The molecule has 1 saturated heterocycles. The van der Waals surface area contributed by atoms with Crippen LogP contribution in [0.1, 0.15) is 29.8 Å². The van der Waals surface area contributed by atoms with Crippen LogP contribution in [-0.4, -0.2) is 49.3 Å². The fourth-order valence-electron chi connectivity index (χ4n) is 3.77. The number of nitrogens with zero attached hydrogens (tertiary/aromatic N) is 2. The number of ketones is 1. The summed E-state index contributed by atoms with van der Waals surface area (Å²) in [4.78, 5) is 38.2. The van der Waals surface area contributed by atoms with Crippen LogP contribution in [0.4, 0.5) is 17.1 Å². The van der Waals surface area contributed by atoms with Crippen molar-refractivity contribution in [2.45, 2.75) is 20.3 Å². The van der Waals surface area contributed by atoms with E-state index in [-0.39, 0.29) is 17.4 Å². The number of aryl methyl sites for hydroxylation is 1. The predicted octanol–water partition coefficient (Wildman–Crippen LogP) is 1.70. The lowest BCUT2D eigenvalue weighted by atomic mass is 10.1. The van der Waals surface area contributed by atoms with Crippen LogP contribution >= 0.6 is 0 Å². The molecule has 1 fully saturated rings. The molecule has 1 amide bonds. The number of nitrogens with one attached hydrogen (secondary N) is 2. The van der Waals surface area contributed by atoms with Crippen LogP contribution < -0.4 is 15.1 Å². The quantitative estimate of drug-likeness (QED) is 0.411. The lowest BCUT2D eigenvalue weighted by Crippen LogP contribution is -3.15. The molecule has 0 spiro atoms. The molecular weight excluding hydrogens is 384 g/mol. The van der Waals surface area contributed by atoms with Crippen molar-refractivity contribution in [1.29, 1.82) is 0 Å². The molecule has 158 valence electrons. The molecule has 0 saturated carbocycles. The molecule has 30 heavy (non-hydrogen) atoms. The summed E-state index contributed by atoms with van der Waals surface area (Å²) in [5.41, 5.74) is 2.75. The number of carbonyl (C=O) groups excluding carboxylic acids is 2. The van der Waals surface area contributed by atoms with E-state index in [2.05, 4.69) is 12.2 Å². The molecule has 2 aromatic rings. The molecule has 0 atom stereocenters. The third kappa shape index (κ3) is 5.01. The fraction of sp³-hybridized carbons (Fsp3) is 0.364. The molecule has 0 radical (unpaired) electrons. The Bertz CT molecular complexity index is 952. The van der Waals surface area contributed by atoms with Gasteiger partial charge >= 0.3 is 0 Å². The lowest BCUT2D eigenvalue weighted by Gasteiger charge is -2.33. The van der Waals surface area contributed by atoms with Crippen LogP contribution in [0, 0.1) is 10.1 Å². The Hall–Kier alpha value is -3.26. The van der Waals surface area contributed by atoms with Crippen LogP contribution in [-0.2, 0) is 11.2 Å². The van der Waals surface area contributed by atoms with E-state index in [1.807, 2.05) is 29.2 Å². The molecule has 1 aliphatic rings. The number of amides is 1. The molecule has 0 aromatic heterocycles. The largest absolute Gasteiger partial charge is 0.355 e. The van der Waals surface area contributed by atoms with E-state index in [0.717, 1.165) is 22.6 Å². The van der Waals surface area contributed by atoms with Crippen molar-refractivity contribution in [3.05, 3.63) is 63.7 Å². The van der Waals surface area contributed by atoms with Crippen molar-refractivity contribution in [3.8, 4) is 0 Å². The third-order valence-corrected chi connectivity index (χ3v) is 5.47. The summed E-state index contributed by atoms with van der Waals surface area (Å²) in [5.74, 6) is -0.231. The number of piperazine rings is 1. The predicted molar refractivity (Wildman–Crippen MR) is 115 cm³/mol. The number of nitro groups is 1. The number of Topliss-reactive ketones (excluding diaryl/α,β-unsaturated/α-hetero) is 1. The highest BCUT2D eigenvalue weighted by Crippen LogP contribution is 2.29. The Labute approximate surface area is 175 Å². The van der Waals surface area contributed by atoms with Gasteiger partial charge in [0.15, 0.2) is 12.3 Å². The van der Waals surface area contributed by atoms with Gasteiger partial charge in [0.1, 0.15) is 5.69 Å². The molecular formula is C22H27N4O4+. The van der Waals surface area contributed by atoms with Gasteiger partial charge in [-0.05, 0) is 37.1 Å². The fourth-order valence-corrected chi connectivity index (χ4v) is 3.77. The Kier molecular flexibility index (Phi) is 6.79. The minimum absolute atomic E-state index is 0.0314. The van der Waals surface area contributed by atoms with Gasteiger partial charge < -0.3 is 15.1 Å². The van der Waals surface area contributed by atoms with E-state index in [0.29, 0.717) is 44.0 Å². The second-order valence-corrected chi connectivity index (χ2v) is 7.49. The highest BCUT2D eigenvalue weighted by Gasteiger charge is 2.27. The van der Waals surface area contributed by atoms with Gasteiger partial charge in [-0.3, -0.25) is 19.7 Å². The number of rotatable bonds is 7. The Morgan fingerprint density at radius 3 is 2.50 bits per heavy atom. The minimum atomic E-state index is -0.445. The van der Waals surface area contributed by atoms with E-state index < -0.39 is 4.92 Å². The first-order valence-electron chi connectivity index (χ1n) is 10.1. The minimum Gasteiger partial charge on any atom is -0.355 e. The molecule has 1 heterocycles. The molecule has 0 unspecified atom stereocenters. The molecule has 2 N–H and O–H groups in total. The van der Waals surface area contributed by atoms with Crippen LogP contribution in [0.5, 0.6) is 0 Å².